The molecular weight excluding hydrogens is 280 g/mol. The predicted molar refractivity (Wildman–Crippen MR) is 83.7 cm³/mol. The van der Waals surface area contributed by atoms with E-state index in [1.54, 1.807) is 7.11 Å². The summed E-state index contributed by atoms with van der Waals surface area (Å²) in [5.41, 5.74) is 1.05. The molecule has 0 saturated carbocycles. The van der Waals surface area contributed by atoms with Crippen LogP contribution in [-0.4, -0.2) is 50.3 Å². The molecule has 0 spiro atoms. The van der Waals surface area contributed by atoms with Gasteiger partial charge in [-0.2, -0.15) is 0 Å². The second-order valence-electron chi connectivity index (χ2n) is 6.02. The Bertz CT molecular complexity index is 510. The van der Waals surface area contributed by atoms with E-state index >= 15 is 0 Å². The van der Waals surface area contributed by atoms with Gasteiger partial charge in [-0.25, -0.2) is 0 Å². The molecule has 1 atom stereocenters. The van der Waals surface area contributed by atoms with Gasteiger partial charge in [0.15, 0.2) is 0 Å². The lowest BCUT2D eigenvalue weighted by Gasteiger charge is -2.34. The third kappa shape index (κ3) is 3.42. The molecule has 1 unspecified atom stereocenters. The number of nitrogens with one attached hydrogen (secondary N) is 1. The van der Waals surface area contributed by atoms with Crippen molar-refractivity contribution in [1.82, 2.24) is 10.2 Å². The molecule has 2 heterocycles. The lowest BCUT2D eigenvalue weighted by molar-refractivity contribution is -0.139. The second kappa shape index (κ2) is 7.11. The SMILES string of the molecule is COc1ccccc1CN(CC1CCCO1)C(=O)C1CNC1. The number of hydrogen-bond donors (Lipinski definition) is 1. The first-order chi connectivity index (χ1) is 10.8. The summed E-state index contributed by atoms with van der Waals surface area (Å²) in [4.78, 5) is 14.7. The van der Waals surface area contributed by atoms with E-state index < -0.39 is 0 Å². The maximum absolute atomic E-state index is 12.7. The molecular formula is C17H24N2O3. The van der Waals surface area contributed by atoms with Crippen LogP contribution in [-0.2, 0) is 16.1 Å². The number of hydrogen-bond acceptors (Lipinski definition) is 4. The minimum Gasteiger partial charge on any atom is -0.496 e. The Kier molecular flexibility index (Phi) is 4.95. The van der Waals surface area contributed by atoms with Crippen molar-refractivity contribution in [3.8, 4) is 5.75 Å². The summed E-state index contributed by atoms with van der Waals surface area (Å²) in [5.74, 6) is 1.16. The zero-order valence-corrected chi connectivity index (χ0v) is 13.1. The van der Waals surface area contributed by atoms with Crippen molar-refractivity contribution < 1.29 is 14.3 Å². The number of ether oxygens (including phenoxy) is 2. The molecule has 5 nitrogen and oxygen atoms in total. The lowest BCUT2D eigenvalue weighted by Crippen LogP contribution is -2.53. The molecule has 0 aliphatic carbocycles. The van der Waals surface area contributed by atoms with Gasteiger partial charge in [-0.1, -0.05) is 18.2 Å². The van der Waals surface area contributed by atoms with Gasteiger partial charge in [-0.05, 0) is 18.9 Å². The lowest BCUT2D eigenvalue weighted by atomic mass is 10.0. The van der Waals surface area contributed by atoms with E-state index in [-0.39, 0.29) is 17.9 Å². The first kappa shape index (κ1) is 15.3. The Morgan fingerprint density at radius 2 is 2.23 bits per heavy atom. The van der Waals surface area contributed by atoms with Gasteiger partial charge in [-0.3, -0.25) is 4.79 Å². The summed E-state index contributed by atoms with van der Waals surface area (Å²) >= 11 is 0. The fraction of sp³-hybridized carbons (Fsp3) is 0.588. The van der Waals surface area contributed by atoms with Crippen LogP contribution in [0.4, 0.5) is 0 Å². The fourth-order valence-corrected chi connectivity index (χ4v) is 3.03. The third-order valence-electron chi connectivity index (χ3n) is 4.44. The molecule has 1 amide bonds. The molecule has 22 heavy (non-hydrogen) atoms. The standard InChI is InChI=1S/C17H24N2O3/c1-21-16-7-3-2-5-13(16)11-19(12-15-6-4-8-22-15)17(20)14-9-18-10-14/h2-3,5,7,14-15,18H,4,6,8-12H2,1H3. The van der Waals surface area contributed by atoms with Gasteiger partial charge < -0.3 is 19.7 Å². The number of carbonyl (C=O) groups is 1. The molecule has 2 aliphatic heterocycles. The predicted octanol–water partition coefficient (Wildman–Crippen LogP) is 1.42. The molecule has 0 aromatic heterocycles. The van der Waals surface area contributed by atoms with Crippen LogP contribution in [0.2, 0.25) is 0 Å². The molecule has 2 fully saturated rings. The summed E-state index contributed by atoms with van der Waals surface area (Å²) in [6.45, 7) is 3.64. The highest BCUT2D eigenvalue weighted by Gasteiger charge is 2.31. The molecule has 1 aromatic rings. The van der Waals surface area contributed by atoms with E-state index in [1.165, 1.54) is 0 Å². The molecule has 120 valence electrons. The van der Waals surface area contributed by atoms with Crippen LogP contribution < -0.4 is 10.1 Å². The maximum Gasteiger partial charge on any atom is 0.228 e. The fourth-order valence-electron chi connectivity index (χ4n) is 3.03. The van der Waals surface area contributed by atoms with E-state index in [2.05, 4.69) is 5.32 Å². The number of rotatable bonds is 6. The quantitative estimate of drug-likeness (QED) is 0.863. The number of carbonyl (C=O) groups excluding carboxylic acids is 1. The summed E-state index contributed by atoms with van der Waals surface area (Å²) < 4.78 is 11.1. The summed E-state index contributed by atoms with van der Waals surface area (Å²) in [5, 5.41) is 3.17. The van der Waals surface area contributed by atoms with E-state index in [4.69, 9.17) is 9.47 Å². The first-order valence-electron chi connectivity index (χ1n) is 8.01. The zero-order chi connectivity index (χ0) is 15.4. The summed E-state index contributed by atoms with van der Waals surface area (Å²) in [7, 11) is 1.67. The van der Waals surface area contributed by atoms with E-state index in [1.807, 2.05) is 29.2 Å². The van der Waals surface area contributed by atoms with Crippen molar-refractivity contribution in [2.45, 2.75) is 25.5 Å². The van der Waals surface area contributed by atoms with Gasteiger partial charge in [0.05, 0.1) is 19.1 Å². The van der Waals surface area contributed by atoms with Crippen LogP contribution in [0.5, 0.6) is 5.75 Å². The Hall–Kier alpha value is -1.59. The Labute approximate surface area is 131 Å². The Morgan fingerprint density at radius 1 is 1.41 bits per heavy atom. The Balaban J connectivity index is 1.73. The molecule has 3 rings (SSSR count). The van der Waals surface area contributed by atoms with Crippen molar-refractivity contribution in [2.75, 3.05) is 33.4 Å². The van der Waals surface area contributed by atoms with Gasteiger partial charge in [0.25, 0.3) is 0 Å². The molecule has 1 N–H and O–H groups in total. The normalized spacial score (nSPS) is 21.4. The topological polar surface area (TPSA) is 50.8 Å². The van der Waals surface area contributed by atoms with Crippen molar-refractivity contribution in [3.05, 3.63) is 29.8 Å². The molecule has 2 saturated heterocycles. The number of benzene rings is 1. The molecule has 0 radical (unpaired) electrons. The second-order valence-corrected chi connectivity index (χ2v) is 6.02. The van der Waals surface area contributed by atoms with Crippen LogP contribution >= 0.6 is 0 Å². The smallest absolute Gasteiger partial charge is 0.228 e. The first-order valence-corrected chi connectivity index (χ1v) is 8.01. The number of nitrogens with zero attached hydrogens (tertiary/aromatic N) is 1. The summed E-state index contributed by atoms with van der Waals surface area (Å²) in [6.07, 6.45) is 2.30. The average molecular weight is 304 g/mol. The van der Waals surface area contributed by atoms with Crippen LogP contribution in [0.25, 0.3) is 0 Å². The van der Waals surface area contributed by atoms with E-state index in [0.29, 0.717) is 13.1 Å². The van der Waals surface area contributed by atoms with Gasteiger partial charge in [-0.15, -0.1) is 0 Å². The van der Waals surface area contributed by atoms with Crippen molar-refractivity contribution in [2.24, 2.45) is 5.92 Å². The van der Waals surface area contributed by atoms with E-state index in [9.17, 15) is 4.79 Å². The number of para-hydroxylation sites is 1. The molecule has 2 aliphatic rings. The van der Waals surface area contributed by atoms with Crippen LogP contribution in [0.1, 0.15) is 18.4 Å². The monoisotopic (exact) mass is 304 g/mol. The molecule has 5 heteroatoms. The van der Waals surface area contributed by atoms with Gasteiger partial charge in [0.2, 0.25) is 5.91 Å². The van der Waals surface area contributed by atoms with Crippen LogP contribution in [0.3, 0.4) is 0 Å². The van der Waals surface area contributed by atoms with Crippen molar-refractivity contribution >= 4 is 5.91 Å². The number of amides is 1. The van der Waals surface area contributed by atoms with Crippen LogP contribution in [0, 0.1) is 5.92 Å². The van der Waals surface area contributed by atoms with Crippen molar-refractivity contribution in [1.29, 1.82) is 0 Å². The Morgan fingerprint density at radius 3 is 2.86 bits per heavy atom. The zero-order valence-electron chi connectivity index (χ0n) is 13.1. The minimum absolute atomic E-state index is 0.108. The minimum atomic E-state index is 0.108. The average Bonchev–Trinajstić information content (AvgIpc) is 2.98. The van der Waals surface area contributed by atoms with E-state index in [0.717, 1.165) is 43.9 Å². The molecule has 0 bridgehead atoms. The van der Waals surface area contributed by atoms with Crippen LogP contribution in [0.15, 0.2) is 24.3 Å². The molecule has 1 aromatic carbocycles. The highest BCUT2D eigenvalue weighted by molar-refractivity contribution is 5.80. The van der Waals surface area contributed by atoms with Gasteiger partial charge >= 0.3 is 0 Å². The third-order valence-corrected chi connectivity index (χ3v) is 4.44. The highest BCUT2D eigenvalue weighted by atomic mass is 16.5. The van der Waals surface area contributed by atoms with Gasteiger partial charge in [0.1, 0.15) is 5.75 Å². The van der Waals surface area contributed by atoms with Gasteiger partial charge in [0, 0.05) is 38.3 Å². The number of methoxy groups -OCH3 is 1. The van der Waals surface area contributed by atoms with Crippen molar-refractivity contribution in [3.63, 3.8) is 0 Å². The summed E-state index contributed by atoms with van der Waals surface area (Å²) in [6, 6.07) is 7.89. The largest absolute Gasteiger partial charge is 0.496 e. The highest BCUT2D eigenvalue weighted by Crippen LogP contribution is 2.23. The maximum atomic E-state index is 12.7.